The van der Waals surface area contributed by atoms with Crippen molar-refractivity contribution < 1.29 is 4.74 Å². The van der Waals surface area contributed by atoms with E-state index >= 15 is 0 Å². The molecule has 1 heterocycles. The molecule has 1 aliphatic heterocycles. The van der Waals surface area contributed by atoms with Gasteiger partial charge in [0.05, 0.1) is 5.60 Å². The van der Waals surface area contributed by atoms with Crippen LogP contribution in [0.3, 0.4) is 0 Å². The van der Waals surface area contributed by atoms with Crippen molar-refractivity contribution in [3.8, 4) is 0 Å². The molecule has 0 aliphatic carbocycles. The van der Waals surface area contributed by atoms with Gasteiger partial charge in [0.25, 0.3) is 0 Å². The first kappa shape index (κ1) is 12.0. The average molecular weight is 200 g/mol. The first-order valence-corrected chi connectivity index (χ1v) is 5.52. The molecule has 2 N–H and O–H groups in total. The molecular weight excluding hydrogens is 176 g/mol. The first-order valence-electron chi connectivity index (χ1n) is 5.52. The molecule has 0 radical (unpaired) electrons. The maximum Gasteiger partial charge on any atom is 0.0774 e. The summed E-state index contributed by atoms with van der Waals surface area (Å²) < 4.78 is 5.51. The molecule has 0 bridgehead atoms. The number of piperidine rings is 1. The number of nitrogens with zero attached hydrogens (tertiary/aromatic N) is 1. The zero-order valence-corrected chi connectivity index (χ0v) is 9.92. The highest BCUT2D eigenvalue weighted by atomic mass is 16.5. The molecule has 1 aliphatic rings. The van der Waals surface area contributed by atoms with Gasteiger partial charge in [-0.25, -0.2) is 0 Å². The third-order valence-electron chi connectivity index (χ3n) is 3.57. The van der Waals surface area contributed by atoms with E-state index in [2.05, 4.69) is 25.7 Å². The Bertz CT molecular complexity index is 182. The van der Waals surface area contributed by atoms with Gasteiger partial charge in [-0.1, -0.05) is 0 Å². The molecule has 0 aromatic carbocycles. The summed E-state index contributed by atoms with van der Waals surface area (Å²) in [4.78, 5) is 2.44. The normalized spacial score (nSPS) is 27.6. The van der Waals surface area contributed by atoms with Crippen LogP contribution in [0.25, 0.3) is 0 Å². The second-order valence-corrected chi connectivity index (χ2v) is 4.88. The Morgan fingerprint density at radius 1 is 1.50 bits per heavy atom. The largest absolute Gasteiger partial charge is 0.377 e. The molecule has 3 nitrogen and oxygen atoms in total. The lowest BCUT2D eigenvalue weighted by atomic mass is 9.95. The summed E-state index contributed by atoms with van der Waals surface area (Å²) in [5.41, 5.74) is 5.88. The second kappa shape index (κ2) is 4.60. The summed E-state index contributed by atoms with van der Waals surface area (Å²) in [7, 11) is 1.78. The Morgan fingerprint density at radius 3 is 2.64 bits per heavy atom. The van der Waals surface area contributed by atoms with Crippen LogP contribution in [-0.4, -0.2) is 42.8 Å². The monoisotopic (exact) mass is 200 g/mol. The number of nitrogens with two attached hydrogens (primary N) is 1. The summed E-state index contributed by atoms with van der Waals surface area (Å²) in [6.45, 7) is 8.66. The standard InChI is InChI=1S/C11H24N2O/c1-9(11(2,3)14-4)13-7-5-6-10(12)8-13/h9-10H,5-8,12H2,1-4H3. The van der Waals surface area contributed by atoms with Gasteiger partial charge in [-0.3, -0.25) is 4.90 Å². The highest BCUT2D eigenvalue weighted by molar-refractivity contribution is 4.88. The van der Waals surface area contributed by atoms with Crippen LogP contribution < -0.4 is 5.73 Å². The molecule has 1 fully saturated rings. The van der Waals surface area contributed by atoms with Gasteiger partial charge >= 0.3 is 0 Å². The third-order valence-corrected chi connectivity index (χ3v) is 3.57. The van der Waals surface area contributed by atoms with E-state index in [1.165, 1.54) is 6.42 Å². The van der Waals surface area contributed by atoms with Gasteiger partial charge in [0.1, 0.15) is 0 Å². The second-order valence-electron chi connectivity index (χ2n) is 4.88. The van der Waals surface area contributed by atoms with Crippen LogP contribution in [0, 0.1) is 0 Å². The number of rotatable bonds is 3. The number of methoxy groups -OCH3 is 1. The van der Waals surface area contributed by atoms with Crippen molar-refractivity contribution in [3.05, 3.63) is 0 Å². The fourth-order valence-corrected chi connectivity index (χ4v) is 2.00. The van der Waals surface area contributed by atoms with Crippen molar-refractivity contribution in [2.45, 2.75) is 51.3 Å². The zero-order valence-electron chi connectivity index (χ0n) is 9.92. The molecule has 1 saturated heterocycles. The van der Waals surface area contributed by atoms with Gasteiger partial charge in [-0.15, -0.1) is 0 Å². The first-order chi connectivity index (χ1) is 6.47. The molecular formula is C11H24N2O. The number of ether oxygens (including phenoxy) is 1. The van der Waals surface area contributed by atoms with Gasteiger partial charge in [-0.05, 0) is 40.2 Å². The van der Waals surface area contributed by atoms with E-state index in [0.29, 0.717) is 12.1 Å². The molecule has 2 unspecified atom stereocenters. The Hall–Kier alpha value is -0.120. The predicted molar refractivity (Wildman–Crippen MR) is 59.3 cm³/mol. The topological polar surface area (TPSA) is 38.5 Å². The van der Waals surface area contributed by atoms with E-state index in [4.69, 9.17) is 10.5 Å². The van der Waals surface area contributed by atoms with Gasteiger partial charge in [0.2, 0.25) is 0 Å². The summed E-state index contributed by atoms with van der Waals surface area (Å²) in [5, 5.41) is 0. The average Bonchev–Trinajstić information content (AvgIpc) is 2.16. The molecule has 0 aromatic rings. The van der Waals surface area contributed by atoms with Crippen molar-refractivity contribution in [1.82, 2.24) is 4.90 Å². The minimum atomic E-state index is -0.0862. The fourth-order valence-electron chi connectivity index (χ4n) is 2.00. The van der Waals surface area contributed by atoms with E-state index in [1.54, 1.807) is 7.11 Å². The SMILES string of the molecule is COC(C)(C)C(C)N1CCCC(N)C1. The molecule has 2 atom stereocenters. The summed E-state index contributed by atoms with van der Waals surface area (Å²) >= 11 is 0. The molecule has 0 aromatic heterocycles. The molecule has 0 amide bonds. The minimum absolute atomic E-state index is 0.0862. The van der Waals surface area contributed by atoms with Crippen LogP contribution in [-0.2, 0) is 4.74 Å². The van der Waals surface area contributed by atoms with Crippen molar-refractivity contribution in [3.63, 3.8) is 0 Å². The van der Waals surface area contributed by atoms with Crippen LogP contribution >= 0.6 is 0 Å². The maximum atomic E-state index is 5.97. The summed E-state index contributed by atoms with van der Waals surface area (Å²) in [6.07, 6.45) is 2.38. The van der Waals surface area contributed by atoms with E-state index in [0.717, 1.165) is 19.5 Å². The highest BCUT2D eigenvalue weighted by Crippen LogP contribution is 2.22. The summed E-state index contributed by atoms with van der Waals surface area (Å²) in [6, 6.07) is 0.776. The van der Waals surface area contributed by atoms with E-state index in [1.807, 2.05) is 0 Å². The van der Waals surface area contributed by atoms with Crippen LogP contribution in [0.15, 0.2) is 0 Å². The Kier molecular flexibility index (Phi) is 3.93. The predicted octanol–water partition coefficient (Wildman–Crippen LogP) is 1.22. The fraction of sp³-hybridized carbons (Fsp3) is 1.00. The molecule has 84 valence electrons. The van der Waals surface area contributed by atoms with Crippen LogP contribution in [0.4, 0.5) is 0 Å². The molecule has 14 heavy (non-hydrogen) atoms. The highest BCUT2D eigenvalue weighted by Gasteiger charge is 2.32. The van der Waals surface area contributed by atoms with Crippen LogP contribution in [0.5, 0.6) is 0 Å². The Balaban J connectivity index is 2.55. The number of likely N-dealkylation sites (tertiary alicyclic amines) is 1. The van der Waals surface area contributed by atoms with Gasteiger partial charge in [-0.2, -0.15) is 0 Å². The molecule has 0 saturated carbocycles. The van der Waals surface area contributed by atoms with Crippen molar-refractivity contribution in [2.24, 2.45) is 5.73 Å². The minimum Gasteiger partial charge on any atom is -0.377 e. The lowest BCUT2D eigenvalue weighted by Gasteiger charge is -2.42. The van der Waals surface area contributed by atoms with Gasteiger partial charge in [0, 0.05) is 25.7 Å². The Morgan fingerprint density at radius 2 is 2.14 bits per heavy atom. The van der Waals surface area contributed by atoms with Crippen LogP contribution in [0.1, 0.15) is 33.6 Å². The quantitative estimate of drug-likeness (QED) is 0.744. The number of hydrogen-bond donors (Lipinski definition) is 1. The van der Waals surface area contributed by atoms with E-state index in [9.17, 15) is 0 Å². The van der Waals surface area contributed by atoms with E-state index < -0.39 is 0 Å². The Labute approximate surface area is 87.6 Å². The molecule has 3 heteroatoms. The van der Waals surface area contributed by atoms with E-state index in [-0.39, 0.29) is 5.60 Å². The lowest BCUT2D eigenvalue weighted by Crippen LogP contribution is -2.54. The maximum absolute atomic E-state index is 5.97. The zero-order chi connectivity index (χ0) is 10.8. The number of hydrogen-bond acceptors (Lipinski definition) is 3. The van der Waals surface area contributed by atoms with Crippen molar-refractivity contribution in [1.29, 1.82) is 0 Å². The third kappa shape index (κ3) is 2.69. The van der Waals surface area contributed by atoms with Crippen molar-refractivity contribution >= 4 is 0 Å². The lowest BCUT2D eigenvalue weighted by molar-refractivity contribution is -0.0526. The van der Waals surface area contributed by atoms with Gasteiger partial charge in [0.15, 0.2) is 0 Å². The van der Waals surface area contributed by atoms with Gasteiger partial charge < -0.3 is 10.5 Å². The van der Waals surface area contributed by atoms with Crippen molar-refractivity contribution in [2.75, 3.05) is 20.2 Å². The van der Waals surface area contributed by atoms with Crippen LogP contribution in [0.2, 0.25) is 0 Å². The molecule has 0 spiro atoms. The summed E-state index contributed by atoms with van der Waals surface area (Å²) in [5.74, 6) is 0. The molecule has 1 rings (SSSR count). The smallest absolute Gasteiger partial charge is 0.0774 e.